The highest BCUT2D eigenvalue weighted by atomic mass is 16.2. The molecular weight excluding hydrogens is 356 g/mol. The van der Waals surface area contributed by atoms with Crippen LogP contribution < -0.4 is 16.0 Å². The van der Waals surface area contributed by atoms with Crippen molar-refractivity contribution in [1.82, 2.24) is 15.6 Å². The van der Waals surface area contributed by atoms with E-state index in [9.17, 15) is 14.4 Å². The van der Waals surface area contributed by atoms with Gasteiger partial charge >= 0.3 is 11.8 Å². The summed E-state index contributed by atoms with van der Waals surface area (Å²) in [5, 5.41) is 8.13. The minimum atomic E-state index is -0.756. The maximum Gasteiger partial charge on any atom is 0.313 e. The summed E-state index contributed by atoms with van der Waals surface area (Å²) >= 11 is 0. The Kier molecular flexibility index (Phi) is 6.73. The zero-order chi connectivity index (χ0) is 19.8. The molecule has 1 saturated carbocycles. The Hall–Kier alpha value is -3.22. The molecule has 0 saturated heterocycles. The first-order valence-electron chi connectivity index (χ1n) is 9.51. The fourth-order valence-electron chi connectivity index (χ4n) is 3.17. The van der Waals surface area contributed by atoms with Crippen molar-refractivity contribution in [3.05, 3.63) is 59.9 Å². The van der Waals surface area contributed by atoms with Crippen LogP contribution in [0.3, 0.4) is 0 Å². The van der Waals surface area contributed by atoms with Crippen molar-refractivity contribution < 1.29 is 14.4 Å². The molecule has 0 atom stereocenters. The van der Waals surface area contributed by atoms with E-state index in [1.807, 2.05) is 0 Å². The summed E-state index contributed by atoms with van der Waals surface area (Å²) in [6, 6.07) is 10.3. The van der Waals surface area contributed by atoms with Gasteiger partial charge in [0, 0.05) is 36.2 Å². The van der Waals surface area contributed by atoms with Gasteiger partial charge in [-0.25, -0.2) is 0 Å². The molecule has 146 valence electrons. The van der Waals surface area contributed by atoms with Gasteiger partial charge in [-0.2, -0.15) is 0 Å². The SMILES string of the molecule is O=C(NCc1ccncc1)C(=O)Nc1ccc(C(=O)NC2CCCCC2)cc1. The summed E-state index contributed by atoms with van der Waals surface area (Å²) in [5.41, 5.74) is 1.84. The van der Waals surface area contributed by atoms with Crippen LogP contribution in [0.4, 0.5) is 5.69 Å². The molecule has 1 aromatic heterocycles. The Morgan fingerprint density at radius 1 is 0.893 bits per heavy atom. The molecule has 1 aliphatic rings. The second-order valence-corrected chi connectivity index (χ2v) is 6.88. The number of benzene rings is 1. The van der Waals surface area contributed by atoms with Crippen LogP contribution in [0.1, 0.15) is 48.0 Å². The highest BCUT2D eigenvalue weighted by Gasteiger charge is 2.17. The van der Waals surface area contributed by atoms with Crippen molar-refractivity contribution >= 4 is 23.4 Å². The molecule has 1 heterocycles. The lowest BCUT2D eigenvalue weighted by molar-refractivity contribution is -0.136. The first-order valence-corrected chi connectivity index (χ1v) is 9.51. The summed E-state index contributed by atoms with van der Waals surface area (Å²) in [5.74, 6) is -1.59. The van der Waals surface area contributed by atoms with Crippen LogP contribution in [0.25, 0.3) is 0 Å². The molecule has 3 N–H and O–H groups in total. The molecule has 0 spiro atoms. The lowest BCUT2D eigenvalue weighted by Gasteiger charge is -2.22. The summed E-state index contributed by atoms with van der Waals surface area (Å²) < 4.78 is 0. The van der Waals surface area contributed by atoms with E-state index in [0.29, 0.717) is 11.3 Å². The number of hydrogen-bond acceptors (Lipinski definition) is 4. The van der Waals surface area contributed by atoms with Crippen molar-refractivity contribution in [2.45, 2.75) is 44.7 Å². The minimum absolute atomic E-state index is 0.111. The molecule has 3 rings (SSSR count). The van der Waals surface area contributed by atoms with E-state index in [2.05, 4.69) is 20.9 Å². The van der Waals surface area contributed by atoms with E-state index in [0.717, 1.165) is 31.2 Å². The molecule has 1 aliphatic carbocycles. The summed E-state index contributed by atoms with van der Waals surface area (Å²) in [4.78, 5) is 40.1. The maximum atomic E-state index is 12.3. The molecule has 7 heteroatoms. The second-order valence-electron chi connectivity index (χ2n) is 6.88. The van der Waals surface area contributed by atoms with Crippen LogP contribution in [-0.2, 0) is 16.1 Å². The standard InChI is InChI=1S/C21H24N4O3/c26-19(24-17-4-2-1-3-5-17)16-6-8-18(9-7-16)25-21(28)20(27)23-14-15-10-12-22-13-11-15/h6-13,17H,1-5,14H2,(H,23,27)(H,24,26)(H,25,28). The molecule has 1 aromatic carbocycles. The van der Waals surface area contributed by atoms with Gasteiger partial charge in [-0.05, 0) is 54.8 Å². The number of carbonyl (C=O) groups excluding carboxylic acids is 3. The predicted octanol–water partition coefficient (Wildman–Crippen LogP) is 2.40. The molecule has 0 bridgehead atoms. The van der Waals surface area contributed by atoms with Crippen molar-refractivity contribution in [1.29, 1.82) is 0 Å². The van der Waals surface area contributed by atoms with Gasteiger partial charge in [-0.15, -0.1) is 0 Å². The second kappa shape index (κ2) is 9.64. The number of hydrogen-bond donors (Lipinski definition) is 3. The molecule has 3 amide bonds. The number of nitrogens with one attached hydrogen (secondary N) is 3. The van der Waals surface area contributed by atoms with Crippen LogP contribution in [0, 0.1) is 0 Å². The number of amides is 3. The lowest BCUT2D eigenvalue weighted by Crippen LogP contribution is -2.36. The summed E-state index contributed by atoms with van der Waals surface area (Å²) in [7, 11) is 0. The number of aromatic nitrogens is 1. The Morgan fingerprint density at radius 3 is 2.25 bits per heavy atom. The molecule has 28 heavy (non-hydrogen) atoms. The third-order valence-corrected chi connectivity index (χ3v) is 4.75. The summed E-state index contributed by atoms with van der Waals surface area (Å²) in [6.07, 6.45) is 8.82. The third-order valence-electron chi connectivity index (χ3n) is 4.75. The number of pyridine rings is 1. The van der Waals surface area contributed by atoms with Crippen LogP contribution in [0.5, 0.6) is 0 Å². The molecule has 0 aliphatic heterocycles. The van der Waals surface area contributed by atoms with E-state index in [1.165, 1.54) is 6.42 Å². The smallest absolute Gasteiger partial charge is 0.313 e. The van der Waals surface area contributed by atoms with E-state index in [1.54, 1.807) is 48.8 Å². The Morgan fingerprint density at radius 2 is 1.57 bits per heavy atom. The average Bonchev–Trinajstić information content (AvgIpc) is 2.74. The third kappa shape index (κ3) is 5.64. The van der Waals surface area contributed by atoms with Gasteiger partial charge in [-0.3, -0.25) is 19.4 Å². The van der Waals surface area contributed by atoms with Gasteiger partial charge in [0.05, 0.1) is 0 Å². The van der Waals surface area contributed by atoms with Crippen molar-refractivity contribution in [2.75, 3.05) is 5.32 Å². The number of rotatable bonds is 5. The van der Waals surface area contributed by atoms with Gasteiger partial charge in [0.25, 0.3) is 5.91 Å². The molecular formula is C21H24N4O3. The molecule has 2 aromatic rings. The van der Waals surface area contributed by atoms with Gasteiger partial charge < -0.3 is 16.0 Å². The topological polar surface area (TPSA) is 100 Å². The van der Waals surface area contributed by atoms with E-state index in [-0.39, 0.29) is 18.5 Å². The van der Waals surface area contributed by atoms with Crippen molar-refractivity contribution in [3.63, 3.8) is 0 Å². The van der Waals surface area contributed by atoms with Crippen LogP contribution >= 0.6 is 0 Å². The fourth-order valence-corrected chi connectivity index (χ4v) is 3.17. The van der Waals surface area contributed by atoms with Crippen LogP contribution in [0.2, 0.25) is 0 Å². The van der Waals surface area contributed by atoms with E-state index in [4.69, 9.17) is 0 Å². The van der Waals surface area contributed by atoms with Gasteiger partial charge in [0.2, 0.25) is 0 Å². The Labute approximate surface area is 163 Å². The highest BCUT2D eigenvalue weighted by molar-refractivity contribution is 6.39. The number of anilines is 1. The van der Waals surface area contributed by atoms with Gasteiger partial charge in [0.1, 0.15) is 0 Å². The first-order chi connectivity index (χ1) is 13.6. The average molecular weight is 380 g/mol. The normalized spacial score (nSPS) is 14.1. The Bertz CT molecular complexity index is 815. The molecule has 1 fully saturated rings. The molecule has 0 unspecified atom stereocenters. The quantitative estimate of drug-likeness (QED) is 0.694. The largest absolute Gasteiger partial charge is 0.349 e. The van der Waals surface area contributed by atoms with Crippen LogP contribution in [-0.4, -0.2) is 28.7 Å². The Balaban J connectivity index is 1.48. The van der Waals surface area contributed by atoms with Gasteiger partial charge in [0.15, 0.2) is 0 Å². The zero-order valence-corrected chi connectivity index (χ0v) is 15.6. The monoisotopic (exact) mass is 380 g/mol. The van der Waals surface area contributed by atoms with Crippen molar-refractivity contribution in [3.8, 4) is 0 Å². The minimum Gasteiger partial charge on any atom is -0.349 e. The molecule has 7 nitrogen and oxygen atoms in total. The fraction of sp³-hybridized carbons (Fsp3) is 0.333. The van der Waals surface area contributed by atoms with Gasteiger partial charge in [-0.1, -0.05) is 19.3 Å². The van der Waals surface area contributed by atoms with Crippen LogP contribution in [0.15, 0.2) is 48.8 Å². The number of nitrogens with zero attached hydrogens (tertiary/aromatic N) is 1. The number of carbonyl (C=O) groups is 3. The first kappa shape index (κ1) is 19.5. The maximum absolute atomic E-state index is 12.3. The highest BCUT2D eigenvalue weighted by Crippen LogP contribution is 2.18. The zero-order valence-electron chi connectivity index (χ0n) is 15.6. The lowest BCUT2D eigenvalue weighted by atomic mass is 9.95. The molecule has 0 radical (unpaired) electrons. The summed E-state index contributed by atoms with van der Waals surface area (Å²) in [6.45, 7) is 0.245. The predicted molar refractivity (Wildman–Crippen MR) is 105 cm³/mol. The van der Waals surface area contributed by atoms with E-state index >= 15 is 0 Å². The van der Waals surface area contributed by atoms with E-state index < -0.39 is 11.8 Å². The van der Waals surface area contributed by atoms with Crippen molar-refractivity contribution in [2.24, 2.45) is 0 Å².